The van der Waals surface area contributed by atoms with E-state index in [0.717, 1.165) is 18.8 Å². The van der Waals surface area contributed by atoms with Crippen molar-refractivity contribution < 1.29 is 5.11 Å². The van der Waals surface area contributed by atoms with Gasteiger partial charge in [-0.25, -0.2) is 4.98 Å². The summed E-state index contributed by atoms with van der Waals surface area (Å²) in [5.74, 6) is 1.33. The molecule has 4 nitrogen and oxygen atoms in total. The molecule has 1 aromatic heterocycles. The van der Waals surface area contributed by atoms with Gasteiger partial charge in [-0.2, -0.15) is 5.10 Å². The predicted molar refractivity (Wildman–Crippen MR) is 57.3 cm³/mol. The molecule has 1 aliphatic rings. The van der Waals surface area contributed by atoms with Gasteiger partial charge >= 0.3 is 0 Å². The van der Waals surface area contributed by atoms with Gasteiger partial charge < -0.3 is 5.11 Å². The normalized spacial score (nSPS) is 25.2. The molecule has 1 saturated carbocycles. The van der Waals surface area contributed by atoms with Crippen molar-refractivity contribution in [1.29, 1.82) is 0 Å². The van der Waals surface area contributed by atoms with Crippen LogP contribution in [0.15, 0.2) is 6.33 Å². The summed E-state index contributed by atoms with van der Waals surface area (Å²) < 4.78 is 1.85. The second-order valence-electron chi connectivity index (χ2n) is 5.06. The molecule has 0 spiro atoms. The van der Waals surface area contributed by atoms with Gasteiger partial charge in [0.15, 0.2) is 0 Å². The van der Waals surface area contributed by atoms with Gasteiger partial charge in [0.2, 0.25) is 0 Å². The van der Waals surface area contributed by atoms with Gasteiger partial charge in [-0.15, -0.1) is 0 Å². The Hall–Kier alpha value is -0.900. The minimum Gasteiger partial charge on any atom is -0.392 e. The van der Waals surface area contributed by atoms with Crippen molar-refractivity contribution in [2.75, 3.05) is 0 Å². The summed E-state index contributed by atoms with van der Waals surface area (Å²) in [5.41, 5.74) is 0.316. The molecule has 84 valence electrons. The Balaban J connectivity index is 1.97. The van der Waals surface area contributed by atoms with Crippen LogP contribution in [0.5, 0.6) is 0 Å². The average Bonchev–Trinajstić information content (AvgIpc) is 2.60. The number of aromatic nitrogens is 3. The zero-order chi connectivity index (χ0) is 11.1. The molecule has 15 heavy (non-hydrogen) atoms. The first kappa shape index (κ1) is 10.6. The fourth-order valence-electron chi connectivity index (χ4n) is 2.20. The maximum Gasteiger partial charge on any atom is 0.138 e. The molecular weight excluding hydrogens is 190 g/mol. The molecule has 0 radical (unpaired) electrons. The maximum atomic E-state index is 10.0. The molecule has 1 aliphatic carbocycles. The molecule has 1 aromatic rings. The summed E-state index contributed by atoms with van der Waals surface area (Å²) in [5, 5.41) is 14.1. The quantitative estimate of drug-likeness (QED) is 0.812. The Bertz CT molecular complexity index is 345. The highest BCUT2D eigenvalue weighted by atomic mass is 16.3. The molecule has 0 bridgehead atoms. The Morgan fingerprint density at radius 1 is 1.67 bits per heavy atom. The monoisotopic (exact) mass is 209 g/mol. The highest BCUT2D eigenvalue weighted by molar-refractivity contribution is 5.02. The van der Waals surface area contributed by atoms with Crippen LogP contribution in [0.3, 0.4) is 0 Å². The molecule has 0 aromatic carbocycles. The zero-order valence-corrected chi connectivity index (χ0v) is 9.64. The Kier molecular flexibility index (Phi) is 2.54. The molecular formula is C11H19N3O. The van der Waals surface area contributed by atoms with E-state index in [-0.39, 0.29) is 6.10 Å². The smallest absolute Gasteiger partial charge is 0.138 e. The highest BCUT2D eigenvalue weighted by Crippen LogP contribution is 2.53. The molecule has 2 rings (SSSR count). The Morgan fingerprint density at radius 2 is 2.33 bits per heavy atom. The standard InChI is InChI=1S/C11H19N3O/c1-4-14-10(12-7-13-14)5-9(15)8-6-11(8,2)3/h7-9,15H,4-6H2,1-3H3. The van der Waals surface area contributed by atoms with Gasteiger partial charge in [-0.3, -0.25) is 4.68 Å². The van der Waals surface area contributed by atoms with Gasteiger partial charge in [-0.05, 0) is 24.7 Å². The van der Waals surface area contributed by atoms with Crippen LogP contribution in [0, 0.1) is 11.3 Å². The molecule has 0 aliphatic heterocycles. The summed E-state index contributed by atoms with van der Waals surface area (Å²) in [4.78, 5) is 4.18. The van der Waals surface area contributed by atoms with Crippen LogP contribution in [-0.2, 0) is 13.0 Å². The van der Waals surface area contributed by atoms with Crippen molar-refractivity contribution in [3.05, 3.63) is 12.2 Å². The van der Waals surface area contributed by atoms with Crippen molar-refractivity contribution in [3.8, 4) is 0 Å². The lowest BCUT2D eigenvalue weighted by Crippen LogP contribution is -2.19. The number of aliphatic hydroxyl groups excluding tert-OH is 1. The van der Waals surface area contributed by atoms with Gasteiger partial charge in [0, 0.05) is 13.0 Å². The summed E-state index contributed by atoms with van der Waals surface area (Å²) in [6, 6.07) is 0. The summed E-state index contributed by atoms with van der Waals surface area (Å²) in [6.07, 6.45) is 3.04. The van der Waals surface area contributed by atoms with E-state index in [4.69, 9.17) is 0 Å². The first-order valence-electron chi connectivity index (χ1n) is 5.59. The minimum absolute atomic E-state index is 0.269. The lowest BCUT2D eigenvalue weighted by Gasteiger charge is -2.12. The number of rotatable bonds is 4. The Labute approximate surface area is 90.3 Å². The summed E-state index contributed by atoms with van der Waals surface area (Å²) in [7, 11) is 0. The fourth-order valence-corrected chi connectivity index (χ4v) is 2.20. The first-order chi connectivity index (χ1) is 7.04. The Morgan fingerprint density at radius 3 is 2.87 bits per heavy atom. The second-order valence-corrected chi connectivity index (χ2v) is 5.06. The van der Waals surface area contributed by atoms with Gasteiger partial charge in [0.05, 0.1) is 6.10 Å². The molecule has 2 unspecified atom stereocenters. The fraction of sp³-hybridized carbons (Fsp3) is 0.818. The largest absolute Gasteiger partial charge is 0.392 e. The lowest BCUT2D eigenvalue weighted by atomic mass is 10.0. The first-order valence-corrected chi connectivity index (χ1v) is 5.59. The third-order valence-electron chi connectivity index (χ3n) is 3.44. The van der Waals surface area contributed by atoms with E-state index in [1.165, 1.54) is 0 Å². The number of hydrogen-bond donors (Lipinski definition) is 1. The van der Waals surface area contributed by atoms with E-state index < -0.39 is 0 Å². The molecule has 0 saturated heterocycles. The second kappa shape index (κ2) is 3.59. The van der Waals surface area contributed by atoms with E-state index in [2.05, 4.69) is 23.9 Å². The van der Waals surface area contributed by atoms with Crippen LogP contribution in [0.1, 0.15) is 33.0 Å². The van der Waals surface area contributed by atoms with Gasteiger partial charge in [0.25, 0.3) is 0 Å². The third-order valence-corrected chi connectivity index (χ3v) is 3.44. The molecule has 4 heteroatoms. The van der Waals surface area contributed by atoms with E-state index >= 15 is 0 Å². The van der Waals surface area contributed by atoms with E-state index in [1.54, 1.807) is 6.33 Å². The summed E-state index contributed by atoms with van der Waals surface area (Å²) >= 11 is 0. The zero-order valence-electron chi connectivity index (χ0n) is 9.64. The molecule has 1 heterocycles. The maximum absolute atomic E-state index is 10.0. The van der Waals surface area contributed by atoms with Crippen LogP contribution >= 0.6 is 0 Å². The van der Waals surface area contributed by atoms with Crippen molar-refractivity contribution in [3.63, 3.8) is 0 Å². The van der Waals surface area contributed by atoms with E-state index in [1.807, 2.05) is 11.6 Å². The SMILES string of the molecule is CCn1ncnc1CC(O)C1CC1(C)C. The number of aliphatic hydroxyl groups is 1. The number of nitrogens with zero attached hydrogens (tertiary/aromatic N) is 3. The van der Waals surface area contributed by atoms with Crippen molar-refractivity contribution in [2.45, 2.75) is 46.3 Å². The van der Waals surface area contributed by atoms with Crippen LogP contribution < -0.4 is 0 Å². The van der Waals surface area contributed by atoms with Crippen LogP contribution in [0.4, 0.5) is 0 Å². The molecule has 1 fully saturated rings. The van der Waals surface area contributed by atoms with Crippen molar-refractivity contribution >= 4 is 0 Å². The van der Waals surface area contributed by atoms with Gasteiger partial charge in [0.1, 0.15) is 12.2 Å². The van der Waals surface area contributed by atoms with Crippen LogP contribution in [0.25, 0.3) is 0 Å². The number of aryl methyl sites for hydroxylation is 1. The highest BCUT2D eigenvalue weighted by Gasteiger charge is 2.49. The molecule has 1 N–H and O–H groups in total. The third kappa shape index (κ3) is 2.04. The minimum atomic E-state index is -0.269. The topological polar surface area (TPSA) is 50.9 Å². The number of hydrogen-bond acceptors (Lipinski definition) is 3. The van der Waals surface area contributed by atoms with Crippen molar-refractivity contribution in [1.82, 2.24) is 14.8 Å². The summed E-state index contributed by atoms with van der Waals surface area (Å²) in [6.45, 7) is 7.25. The van der Waals surface area contributed by atoms with Crippen molar-refractivity contribution in [2.24, 2.45) is 11.3 Å². The molecule has 2 atom stereocenters. The lowest BCUT2D eigenvalue weighted by molar-refractivity contribution is 0.133. The predicted octanol–water partition coefficient (Wildman–Crippen LogP) is 1.25. The van der Waals surface area contributed by atoms with Crippen LogP contribution in [0.2, 0.25) is 0 Å². The molecule has 0 amide bonds. The van der Waals surface area contributed by atoms with E-state index in [0.29, 0.717) is 17.8 Å². The van der Waals surface area contributed by atoms with Crippen LogP contribution in [-0.4, -0.2) is 26.0 Å². The van der Waals surface area contributed by atoms with E-state index in [9.17, 15) is 5.11 Å². The van der Waals surface area contributed by atoms with Gasteiger partial charge in [-0.1, -0.05) is 13.8 Å². The average molecular weight is 209 g/mol.